The highest BCUT2D eigenvalue weighted by atomic mass is 35.5. The second kappa shape index (κ2) is 8.66. The third-order valence-electron chi connectivity index (χ3n) is 5.62. The predicted octanol–water partition coefficient (Wildman–Crippen LogP) is 3.42. The normalized spacial score (nSPS) is 19.3. The lowest BCUT2D eigenvalue weighted by Gasteiger charge is -2.36. The van der Waals surface area contributed by atoms with E-state index in [1.807, 2.05) is 47.4 Å². The van der Waals surface area contributed by atoms with Crippen LogP contribution in [0.3, 0.4) is 0 Å². The molecule has 0 aromatic heterocycles. The third-order valence-corrected chi connectivity index (χ3v) is 6.23. The van der Waals surface area contributed by atoms with Crippen LogP contribution in [0.4, 0.5) is 11.4 Å². The molecule has 0 spiro atoms. The number of benzene rings is 2. The molecule has 0 saturated carbocycles. The first kappa shape index (κ1) is 20.7. The van der Waals surface area contributed by atoms with Crippen molar-refractivity contribution in [3.63, 3.8) is 0 Å². The summed E-state index contributed by atoms with van der Waals surface area (Å²) in [6.07, 6.45) is 0.124. The smallest absolute Gasteiger partial charge is 0.253 e. The number of halogens is 2. The number of nitrogens with zero attached hydrogens (tertiary/aromatic N) is 3. The summed E-state index contributed by atoms with van der Waals surface area (Å²) in [5.74, 6) is -0.577. The third kappa shape index (κ3) is 4.16. The fraction of sp³-hybridized carbons (Fsp3) is 0.318. The molecule has 8 heteroatoms. The molecule has 1 atom stereocenters. The molecule has 0 bridgehead atoms. The van der Waals surface area contributed by atoms with E-state index in [2.05, 4.69) is 4.90 Å². The number of hydrogen-bond acceptors (Lipinski definition) is 4. The number of rotatable bonds is 4. The zero-order valence-corrected chi connectivity index (χ0v) is 17.8. The van der Waals surface area contributed by atoms with E-state index in [0.29, 0.717) is 42.5 Å². The number of piperazine rings is 1. The van der Waals surface area contributed by atoms with Gasteiger partial charge in [0.25, 0.3) is 5.91 Å². The van der Waals surface area contributed by atoms with Crippen LogP contribution >= 0.6 is 23.2 Å². The molecule has 2 aromatic carbocycles. The van der Waals surface area contributed by atoms with Crippen LogP contribution in [-0.2, 0) is 9.59 Å². The Hall–Kier alpha value is -2.57. The van der Waals surface area contributed by atoms with Crippen LogP contribution < -0.4 is 9.80 Å². The fourth-order valence-electron chi connectivity index (χ4n) is 3.94. The van der Waals surface area contributed by atoms with Crippen molar-refractivity contribution in [2.24, 2.45) is 5.92 Å². The van der Waals surface area contributed by atoms with Crippen molar-refractivity contribution in [2.75, 3.05) is 42.5 Å². The second-order valence-corrected chi connectivity index (χ2v) is 8.27. The standard InChI is InChI=1S/C22H21Cl2N3O3/c23-18-13-17(27-14-16(21(24)29)12-20(27)28)6-7-19(18)25-8-10-26(11-9-25)22(30)15-4-2-1-3-5-15/h1-7,13,16H,8-12,14H2. The van der Waals surface area contributed by atoms with Gasteiger partial charge in [0.2, 0.25) is 11.1 Å². The van der Waals surface area contributed by atoms with E-state index in [1.165, 1.54) is 0 Å². The maximum atomic E-state index is 12.6. The molecule has 1 unspecified atom stereocenters. The molecule has 2 aliphatic heterocycles. The van der Waals surface area contributed by atoms with E-state index in [-0.39, 0.29) is 24.8 Å². The lowest BCUT2D eigenvalue weighted by Crippen LogP contribution is -2.48. The monoisotopic (exact) mass is 445 g/mol. The number of carbonyl (C=O) groups is 3. The molecule has 30 heavy (non-hydrogen) atoms. The largest absolute Gasteiger partial charge is 0.367 e. The SMILES string of the molecule is O=C(Cl)C1CC(=O)N(c2ccc(N3CCN(C(=O)c4ccccc4)CC3)c(Cl)c2)C1. The summed E-state index contributed by atoms with van der Waals surface area (Å²) in [5.41, 5.74) is 2.22. The summed E-state index contributed by atoms with van der Waals surface area (Å²) in [7, 11) is 0. The zero-order valence-electron chi connectivity index (χ0n) is 16.3. The van der Waals surface area contributed by atoms with Crippen molar-refractivity contribution in [3.8, 4) is 0 Å². The van der Waals surface area contributed by atoms with Gasteiger partial charge in [-0.25, -0.2) is 0 Å². The van der Waals surface area contributed by atoms with Crippen LogP contribution in [-0.4, -0.2) is 54.7 Å². The Bertz CT molecular complexity index is 975. The highest BCUT2D eigenvalue weighted by Gasteiger charge is 2.34. The van der Waals surface area contributed by atoms with Crippen molar-refractivity contribution in [3.05, 3.63) is 59.1 Å². The Morgan fingerprint density at radius 3 is 2.27 bits per heavy atom. The summed E-state index contributed by atoms with van der Waals surface area (Å²) in [5, 5.41) is 0.0419. The van der Waals surface area contributed by atoms with Crippen LogP contribution in [0.15, 0.2) is 48.5 Å². The molecular weight excluding hydrogens is 425 g/mol. The van der Waals surface area contributed by atoms with Gasteiger partial charge < -0.3 is 14.7 Å². The van der Waals surface area contributed by atoms with Crippen LogP contribution in [0.25, 0.3) is 0 Å². The van der Waals surface area contributed by atoms with Gasteiger partial charge in [0.15, 0.2) is 0 Å². The van der Waals surface area contributed by atoms with Crippen molar-refractivity contribution in [2.45, 2.75) is 6.42 Å². The van der Waals surface area contributed by atoms with Gasteiger partial charge >= 0.3 is 0 Å². The van der Waals surface area contributed by atoms with Gasteiger partial charge in [-0.15, -0.1) is 0 Å². The topological polar surface area (TPSA) is 60.9 Å². The number of anilines is 2. The minimum absolute atomic E-state index is 0.0348. The Kier molecular flexibility index (Phi) is 5.97. The summed E-state index contributed by atoms with van der Waals surface area (Å²) in [6, 6.07) is 14.7. The lowest BCUT2D eigenvalue weighted by atomic mass is 10.1. The van der Waals surface area contributed by atoms with Crippen LogP contribution in [0.2, 0.25) is 5.02 Å². The summed E-state index contributed by atoms with van der Waals surface area (Å²) in [6.45, 7) is 2.83. The molecule has 2 saturated heterocycles. The van der Waals surface area contributed by atoms with E-state index in [4.69, 9.17) is 23.2 Å². The molecular formula is C22H21Cl2N3O3. The lowest BCUT2D eigenvalue weighted by molar-refractivity contribution is -0.120. The molecule has 6 nitrogen and oxygen atoms in total. The fourth-order valence-corrected chi connectivity index (χ4v) is 4.38. The Labute approximate surface area is 184 Å². The van der Waals surface area contributed by atoms with Crippen molar-refractivity contribution < 1.29 is 14.4 Å². The Balaban J connectivity index is 1.42. The first-order valence-corrected chi connectivity index (χ1v) is 10.6. The minimum atomic E-state index is -0.489. The first-order chi connectivity index (χ1) is 14.4. The minimum Gasteiger partial charge on any atom is -0.367 e. The molecule has 156 valence electrons. The molecule has 2 amide bonds. The summed E-state index contributed by atoms with van der Waals surface area (Å²) in [4.78, 5) is 41.8. The highest BCUT2D eigenvalue weighted by molar-refractivity contribution is 6.64. The van der Waals surface area contributed by atoms with Gasteiger partial charge in [0.1, 0.15) is 0 Å². The molecule has 0 radical (unpaired) electrons. The molecule has 2 heterocycles. The molecule has 2 aromatic rings. The van der Waals surface area contributed by atoms with Gasteiger partial charge in [-0.3, -0.25) is 14.4 Å². The van der Waals surface area contributed by atoms with Gasteiger partial charge in [-0.2, -0.15) is 0 Å². The van der Waals surface area contributed by atoms with Gasteiger partial charge in [-0.05, 0) is 41.9 Å². The average molecular weight is 446 g/mol. The number of hydrogen-bond donors (Lipinski definition) is 0. The summed E-state index contributed by atoms with van der Waals surface area (Å²) < 4.78 is 0. The Morgan fingerprint density at radius 2 is 1.67 bits per heavy atom. The molecule has 0 N–H and O–H groups in total. The van der Waals surface area contributed by atoms with Crippen LogP contribution in [0.1, 0.15) is 16.8 Å². The van der Waals surface area contributed by atoms with E-state index in [9.17, 15) is 14.4 Å². The van der Waals surface area contributed by atoms with Gasteiger partial charge in [-0.1, -0.05) is 29.8 Å². The second-order valence-electron chi connectivity index (χ2n) is 7.49. The van der Waals surface area contributed by atoms with E-state index >= 15 is 0 Å². The van der Waals surface area contributed by atoms with Gasteiger partial charge in [0, 0.05) is 50.4 Å². The summed E-state index contributed by atoms with van der Waals surface area (Å²) >= 11 is 12.1. The van der Waals surface area contributed by atoms with E-state index < -0.39 is 11.2 Å². The predicted molar refractivity (Wildman–Crippen MR) is 117 cm³/mol. The van der Waals surface area contributed by atoms with E-state index in [0.717, 1.165) is 5.69 Å². The molecule has 2 aliphatic rings. The van der Waals surface area contributed by atoms with Crippen LogP contribution in [0, 0.1) is 5.92 Å². The van der Waals surface area contributed by atoms with Crippen LogP contribution in [0.5, 0.6) is 0 Å². The maximum absolute atomic E-state index is 12.6. The van der Waals surface area contributed by atoms with Crippen molar-refractivity contribution >= 4 is 51.6 Å². The van der Waals surface area contributed by atoms with E-state index in [1.54, 1.807) is 11.0 Å². The van der Waals surface area contributed by atoms with Crippen molar-refractivity contribution in [1.29, 1.82) is 0 Å². The quantitative estimate of drug-likeness (QED) is 0.676. The molecule has 2 fully saturated rings. The number of carbonyl (C=O) groups excluding carboxylic acids is 3. The highest BCUT2D eigenvalue weighted by Crippen LogP contribution is 2.34. The Morgan fingerprint density at radius 1 is 0.967 bits per heavy atom. The molecule has 4 rings (SSSR count). The van der Waals surface area contributed by atoms with Gasteiger partial charge in [0.05, 0.1) is 16.6 Å². The maximum Gasteiger partial charge on any atom is 0.253 e. The first-order valence-electron chi connectivity index (χ1n) is 9.82. The molecule has 0 aliphatic carbocycles. The number of amides is 2. The average Bonchev–Trinajstić information content (AvgIpc) is 3.16. The zero-order chi connectivity index (χ0) is 21.3. The van der Waals surface area contributed by atoms with Crippen molar-refractivity contribution in [1.82, 2.24) is 4.90 Å².